The van der Waals surface area contributed by atoms with Crippen molar-refractivity contribution in [1.29, 1.82) is 0 Å². The average Bonchev–Trinajstić information content (AvgIpc) is 2.18. The third-order valence-corrected chi connectivity index (χ3v) is 1.79. The van der Waals surface area contributed by atoms with E-state index in [-0.39, 0.29) is 5.56 Å². The van der Waals surface area contributed by atoms with Gasteiger partial charge in [-0.25, -0.2) is 0 Å². The molecule has 0 aliphatic carbocycles. The molecule has 0 spiro atoms. The van der Waals surface area contributed by atoms with Crippen molar-refractivity contribution >= 4 is 6.08 Å². The normalized spacial score (nSPS) is 10.9. The van der Waals surface area contributed by atoms with E-state index in [4.69, 9.17) is 0 Å². The first-order valence-electron chi connectivity index (χ1n) is 3.84. The third kappa shape index (κ3) is 2.02. The monoisotopic (exact) mass is 180 g/mol. The van der Waals surface area contributed by atoms with Crippen molar-refractivity contribution < 1.29 is 8.78 Å². The van der Waals surface area contributed by atoms with Crippen molar-refractivity contribution in [3.05, 3.63) is 54.6 Å². The maximum atomic E-state index is 13.0. The van der Waals surface area contributed by atoms with Crippen molar-refractivity contribution in [3.63, 3.8) is 0 Å². The van der Waals surface area contributed by atoms with Crippen LogP contribution in [0.1, 0.15) is 11.1 Å². The molecule has 0 unspecified atom stereocenters. The van der Waals surface area contributed by atoms with Gasteiger partial charge in [0.05, 0.1) is 0 Å². The first-order chi connectivity index (χ1) is 6.10. The molecule has 1 aromatic rings. The molecule has 0 atom stereocenters. The van der Waals surface area contributed by atoms with E-state index < -0.39 is 5.92 Å². The van der Waals surface area contributed by atoms with Crippen LogP contribution in [0.2, 0.25) is 0 Å². The maximum absolute atomic E-state index is 13.0. The quantitative estimate of drug-likeness (QED) is 0.623. The molecule has 0 aromatic heterocycles. The number of hydrogen-bond acceptors (Lipinski definition) is 0. The van der Waals surface area contributed by atoms with E-state index in [1.807, 2.05) is 0 Å². The van der Waals surface area contributed by atoms with Gasteiger partial charge in [-0.2, -0.15) is 8.78 Å². The fourth-order valence-corrected chi connectivity index (χ4v) is 0.959. The highest BCUT2D eigenvalue weighted by Crippen LogP contribution is 2.28. The molecule has 1 aromatic carbocycles. The third-order valence-electron chi connectivity index (χ3n) is 1.79. The Balaban J connectivity index is 3.04. The lowest BCUT2D eigenvalue weighted by Gasteiger charge is -2.11. The highest BCUT2D eigenvalue weighted by Gasteiger charge is 2.26. The molecule has 0 bridgehead atoms. The second-order valence-electron chi connectivity index (χ2n) is 2.65. The van der Waals surface area contributed by atoms with Gasteiger partial charge in [-0.3, -0.25) is 0 Å². The minimum absolute atomic E-state index is 0.0481. The largest absolute Gasteiger partial charge is 0.291 e. The Bertz CT molecular complexity index is 309. The van der Waals surface area contributed by atoms with Crippen molar-refractivity contribution in [2.24, 2.45) is 0 Å². The standard InChI is InChI=1S/C11H10F2/c1-3-9-5-7-10(8-6-9)11(12,13)4-2/h3-8H,1-2H2. The molecule has 0 fully saturated rings. The van der Waals surface area contributed by atoms with Crippen LogP contribution in [0.15, 0.2) is 43.5 Å². The number of hydrogen-bond donors (Lipinski definition) is 0. The Morgan fingerprint density at radius 3 is 2.00 bits per heavy atom. The Hall–Kier alpha value is -1.44. The highest BCUT2D eigenvalue weighted by molar-refractivity contribution is 5.47. The summed E-state index contributed by atoms with van der Waals surface area (Å²) in [6.45, 7) is 6.62. The van der Waals surface area contributed by atoms with Crippen LogP contribution in [0.3, 0.4) is 0 Å². The topological polar surface area (TPSA) is 0 Å². The van der Waals surface area contributed by atoms with Gasteiger partial charge in [-0.1, -0.05) is 43.5 Å². The van der Waals surface area contributed by atoms with Crippen LogP contribution in [0.5, 0.6) is 0 Å². The Morgan fingerprint density at radius 2 is 1.62 bits per heavy atom. The van der Waals surface area contributed by atoms with Crippen molar-refractivity contribution in [3.8, 4) is 0 Å². The Kier molecular flexibility index (Phi) is 2.61. The van der Waals surface area contributed by atoms with Crippen LogP contribution in [0, 0.1) is 0 Å². The molecule has 0 nitrogen and oxygen atoms in total. The first kappa shape index (κ1) is 9.65. The number of allylic oxidation sites excluding steroid dienone is 1. The molecule has 0 aliphatic heterocycles. The van der Waals surface area contributed by atoms with Crippen LogP contribution >= 0.6 is 0 Å². The van der Waals surface area contributed by atoms with Gasteiger partial charge >= 0.3 is 0 Å². The summed E-state index contributed by atoms with van der Waals surface area (Å²) in [7, 11) is 0. The van der Waals surface area contributed by atoms with Gasteiger partial charge in [0, 0.05) is 5.56 Å². The minimum Gasteiger partial charge on any atom is -0.197 e. The Morgan fingerprint density at radius 1 is 1.08 bits per heavy atom. The summed E-state index contributed by atoms with van der Waals surface area (Å²) in [4.78, 5) is 0. The van der Waals surface area contributed by atoms with E-state index in [9.17, 15) is 8.78 Å². The first-order valence-corrected chi connectivity index (χ1v) is 3.84. The summed E-state index contributed by atoms with van der Waals surface area (Å²) in [5, 5.41) is 0. The molecule has 1 rings (SSSR count). The predicted molar refractivity (Wildman–Crippen MR) is 50.6 cm³/mol. The highest BCUT2D eigenvalue weighted by atomic mass is 19.3. The number of alkyl halides is 2. The lowest BCUT2D eigenvalue weighted by Crippen LogP contribution is -2.08. The second kappa shape index (κ2) is 3.52. The van der Waals surface area contributed by atoms with Crippen LogP contribution in [-0.4, -0.2) is 0 Å². The van der Waals surface area contributed by atoms with E-state index >= 15 is 0 Å². The summed E-state index contributed by atoms with van der Waals surface area (Å²) >= 11 is 0. The Labute approximate surface area is 76.2 Å². The molecule has 68 valence electrons. The van der Waals surface area contributed by atoms with Gasteiger partial charge in [0.1, 0.15) is 0 Å². The van der Waals surface area contributed by atoms with Gasteiger partial charge in [-0.15, -0.1) is 0 Å². The lowest BCUT2D eigenvalue weighted by molar-refractivity contribution is 0.0525. The van der Waals surface area contributed by atoms with E-state index in [2.05, 4.69) is 13.2 Å². The minimum atomic E-state index is -2.94. The zero-order chi connectivity index (χ0) is 9.90. The van der Waals surface area contributed by atoms with Gasteiger partial charge in [0.2, 0.25) is 0 Å². The van der Waals surface area contributed by atoms with E-state index in [0.29, 0.717) is 6.08 Å². The number of benzene rings is 1. The fraction of sp³-hybridized carbons (Fsp3) is 0.0909. The summed E-state index contributed by atoms with van der Waals surface area (Å²) < 4.78 is 26.0. The molecule has 2 heteroatoms. The molecular formula is C11H10F2. The summed E-state index contributed by atoms with van der Waals surface area (Å²) in [6.07, 6.45) is 2.24. The number of halogens is 2. The lowest BCUT2D eigenvalue weighted by atomic mass is 10.1. The van der Waals surface area contributed by atoms with Crippen molar-refractivity contribution in [1.82, 2.24) is 0 Å². The summed E-state index contributed by atoms with van der Waals surface area (Å²) in [5.41, 5.74) is 0.775. The molecule has 0 N–H and O–H groups in total. The molecular weight excluding hydrogens is 170 g/mol. The van der Waals surface area contributed by atoms with Gasteiger partial charge < -0.3 is 0 Å². The van der Waals surface area contributed by atoms with Gasteiger partial charge in [-0.05, 0) is 11.6 Å². The zero-order valence-electron chi connectivity index (χ0n) is 7.13. The van der Waals surface area contributed by atoms with Crippen LogP contribution in [0.25, 0.3) is 6.08 Å². The van der Waals surface area contributed by atoms with Crippen LogP contribution < -0.4 is 0 Å². The summed E-state index contributed by atoms with van der Waals surface area (Å²) in [5.74, 6) is -2.94. The predicted octanol–water partition coefficient (Wildman–Crippen LogP) is 3.61. The fourth-order valence-electron chi connectivity index (χ4n) is 0.959. The molecule has 0 radical (unpaired) electrons. The van der Waals surface area contributed by atoms with E-state index in [0.717, 1.165) is 5.56 Å². The SMILES string of the molecule is C=Cc1ccc(C(F)(F)C=C)cc1. The smallest absolute Gasteiger partial charge is 0.197 e. The van der Waals surface area contributed by atoms with Crippen molar-refractivity contribution in [2.45, 2.75) is 5.92 Å². The number of rotatable bonds is 3. The molecule has 0 aliphatic rings. The molecule has 0 amide bonds. The summed E-state index contributed by atoms with van der Waals surface area (Å²) in [6, 6.07) is 5.94. The maximum Gasteiger partial charge on any atom is 0.291 e. The molecule has 0 saturated carbocycles. The van der Waals surface area contributed by atoms with Crippen LogP contribution in [0.4, 0.5) is 8.78 Å². The van der Waals surface area contributed by atoms with E-state index in [1.165, 1.54) is 12.1 Å². The van der Waals surface area contributed by atoms with Crippen LogP contribution in [-0.2, 0) is 5.92 Å². The second-order valence-corrected chi connectivity index (χ2v) is 2.65. The molecule has 13 heavy (non-hydrogen) atoms. The molecule has 0 saturated heterocycles. The van der Waals surface area contributed by atoms with Crippen molar-refractivity contribution in [2.75, 3.05) is 0 Å². The van der Waals surface area contributed by atoms with Gasteiger partial charge in [0.25, 0.3) is 5.92 Å². The average molecular weight is 180 g/mol. The molecule has 0 heterocycles. The zero-order valence-corrected chi connectivity index (χ0v) is 7.13. The van der Waals surface area contributed by atoms with Gasteiger partial charge in [0.15, 0.2) is 0 Å². The van der Waals surface area contributed by atoms with E-state index in [1.54, 1.807) is 18.2 Å².